The minimum atomic E-state index is -1.23. The lowest BCUT2D eigenvalue weighted by Crippen LogP contribution is -2.04. The molecule has 0 unspecified atom stereocenters. The largest absolute Gasteiger partial charge is 0.476 e. The van der Waals surface area contributed by atoms with Crippen LogP contribution in [-0.2, 0) is 6.42 Å². The Bertz CT molecular complexity index is 713. The molecule has 110 valence electrons. The van der Waals surface area contributed by atoms with Crippen molar-refractivity contribution in [1.82, 2.24) is 9.78 Å². The SMILES string of the molecule is O=C(O)c1nn(-c2ccc([N+](=O)[O-])cc2Cl)cc1CCO. The second-order valence-electron chi connectivity index (χ2n) is 4.12. The molecule has 1 aromatic heterocycles. The molecule has 0 bridgehead atoms. The van der Waals surface area contributed by atoms with E-state index in [0.717, 1.165) is 6.07 Å². The van der Waals surface area contributed by atoms with Gasteiger partial charge in [0.25, 0.3) is 5.69 Å². The second-order valence-corrected chi connectivity index (χ2v) is 4.53. The predicted molar refractivity (Wildman–Crippen MR) is 73.0 cm³/mol. The van der Waals surface area contributed by atoms with Crippen LogP contribution in [0.5, 0.6) is 0 Å². The molecule has 21 heavy (non-hydrogen) atoms. The van der Waals surface area contributed by atoms with Gasteiger partial charge < -0.3 is 10.2 Å². The number of carbonyl (C=O) groups is 1. The molecular formula is C12H10ClN3O5. The Kier molecular flexibility index (Phi) is 4.20. The van der Waals surface area contributed by atoms with Crippen molar-refractivity contribution in [2.45, 2.75) is 6.42 Å². The zero-order valence-electron chi connectivity index (χ0n) is 10.6. The summed E-state index contributed by atoms with van der Waals surface area (Å²) in [6.45, 7) is -0.222. The molecule has 0 atom stereocenters. The molecule has 9 heteroatoms. The fourth-order valence-electron chi connectivity index (χ4n) is 1.81. The third-order valence-electron chi connectivity index (χ3n) is 2.76. The number of nitrogens with zero attached hydrogens (tertiary/aromatic N) is 3. The Balaban J connectivity index is 2.49. The third-order valence-corrected chi connectivity index (χ3v) is 3.07. The molecule has 0 spiro atoms. The highest BCUT2D eigenvalue weighted by molar-refractivity contribution is 6.32. The first-order chi connectivity index (χ1) is 9.93. The van der Waals surface area contributed by atoms with E-state index in [0.29, 0.717) is 11.3 Å². The van der Waals surface area contributed by atoms with Gasteiger partial charge in [0, 0.05) is 30.5 Å². The van der Waals surface area contributed by atoms with Gasteiger partial charge in [0.05, 0.1) is 15.6 Å². The zero-order valence-corrected chi connectivity index (χ0v) is 11.3. The molecule has 1 aromatic carbocycles. The molecule has 2 aromatic rings. The molecule has 0 amide bonds. The van der Waals surface area contributed by atoms with Crippen LogP contribution >= 0.6 is 11.6 Å². The normalized spacial score (nSPS) is 10.6. The lowest BCUT2D eigenvalue weighted by Gasteiger charge is -2.03. The van der Waals surface area contributed by atoms with Crippen LogP contribution in [0, 0.1) is 10.1 Å². The summed E-state index contributed by atoms with van der Waals surface area (Å²) in [6.07, 6.45) is 1.55. The first-order valence-corrected chi connectivity index (χ1v) is 6.19. The molecule has 8 nitrogen and oxygen atoms in total. The number of carboxylic acid groups (broad SMARTS) is 1. The lowest BCUT2D eigenvalue weighted by molar-refractivity contribution is -0.384. The Hall–Kier alpha value is -2.45. The van der Waals surface area contributed by atoms with E-state index in [-0.39, 0.29) is 29.4 Å². The average molecular weight is 312 g/mol. The minimum Gasteiger partial charge on any atom is -0.476 e. The predicted octanol–water partition coefficient (Wildman–Crippen LogP) is 1.67. The molecule has 0 radical (unpaired) electrons. The maximum absolute atomic E-state index is 11.1. The van der Waals surface area contributed by atoms with Crippen molar-refractivity contribution in [3.8, 4) is 5.69 Å². The highest BCUT2D eigenvalue weighted by Gasteiger charge is 2.18. The van der Waals surface area contributed by atoms with Gasteiger partial charge in [-0.05, 0) is 12.5 Å². The van der Waals surface area contributed by atoms with Crippen molar-refractivity contribution in [2.24, 2.45) is 0 Å². The van der Waals surface area contributed by atoms with Crippen LogP contribution in [0.15, 0.2) is 24.4 Å². The topological polar surface area (TPSA) is 118 Å². The van der Waals surface area contributed by atoms with E-state index in [4.69, 9.17) is 21.8 Å². The summed E-state index contributed by atoms with van der Waals surface area (Å²) >= 11 is 5.96. The number of rotatable bonds is 5. The first-order valence-electron chi connectivity index (χ1n) is 5.81. The van der Waals surface area contributed by atoms with Gasteiger partial charge in [-0.25, -0.2) is 9.48 Å². The molecule has 2 rings (SSSR count). The first kappa shape index (κ1) is 14.9. The number of halogens is 1. The van der Waals surface area contributed by atoms with Crippen LogP contribution in [0.25, 0.3) is 5.69 Å². The van der Waals surface area contributed by atoms with Crippen molar-refractivity contribution in [3.63, 3.8) is 0 Å². The standard InChI is InChI=1S/C12H10ClN3O5/c13-9-5-8(16(20)21)1-2-10(9)15-6-7(3-4-17)11(14-15)12(18)19/h1-2,5-6,17H,3-4H2,(H,18,19). The number of nitro benzene ring substituents is 1. The van der Waals surface area contributed by atoms with Gasteiger partial charge in [-0.3, -0.25) is 10.1 Å². The third kappa shape index (κ3) is 3.01. The van der Waals surface area contributed by atoms with Gasteiger partial charge in [-0.15, -0.1) is 0 Å². The molecule has 0 aliphatic heterocycles. The van der Waals surface area contributed by atoms with Crippen molar-refractivity contribution in [2.75, 3.05) is 6.61 Å². The van der Waals surface area contributed by atoms with Crippen LogP contribution in [0.4, 0.5) is 5.69 Å². The van der Waals surface area contributed by atoms with E-state index in [2.05, 4.69) is 5.10 Å². The number of nitro groups is 1. The van der Waals surface area contributed by atoms with Crippen molar-refractivity contribution in [3.05, 3.63) is 50.8 Å². The van der Waals surface area contributed by atoms with Crippen LogP contribution in [-0.4, -0.2) is 37.5 Å². The quantitative estimate of drug-likeness (QED) is 0.640. The summed E-state index contributed by atoms with van der Waals surface area (Å²) in [5.74, 6) is -1.23. The lowest BCUT2D eigenvalue weighted by atomic mass is 10.2. The van der Waals surface area contributed by atoms with Crippen molar-refractivity contribution < 1.29 is 19.9 Å². The Morgan fingerprint density at radius 1 is 1.48 bits per heavy atom. The van der Waals surface area contributed by atoms with Crippen LogP contribution in [0.1, 0.15) is 16.1 Å². The summed E-state index contributed by atoms with van der Waals surface area (Å²) in [6, 6.07) is 3.78. The molecule has 1 heterocycles. The number of aromatic nitrogens is 2. The molecule has 0 aliphatic carbocycles. The van der Waals surface area contributed by atoms with Crippen molar-refractivity contribution in [1.29, 1.82) is 0 Å². The molecule has 2 N–H and O–H groups in total. The molecule has 0 aliphatic rings. The fourth-order valence-corrected chi connectivity index (χ4v) is 2.07. The fraction of sp³-hybridized carbons (Fsp3) is 0.167. The van der Waals surface area contributed by atoms with Gasteiger partial charge in [0.15, 0.2) is 5.69 Å². The highest BCUT2D eigenvalue weighted by Crippen LogP contribution is 2.26. The van der Waals surface area contributed by atoms with Gasteiger partial charge in [-0.2, -0.15) is 5.10 Å². The monoisotopic (exact) mass is 311 g/mol. The average Bonchev–Trinajstić information content (AvgIpc) is 2.83. The summed E-state index contributed by atoms with van der Waals surface area (Å²) in [5.41, 5.74) is 0.289. The number of aliphatic hydroxyl groups is 1. The zero-order chi connectivity index (χ0) is 15.6. The summed E-state index contributed by atoms with van der Waals surface area (Å²) in [4.78, 5) is 21.2. The highest BCUT2D eigenvalue weighted by atomic mass is 35.5. The van der Waals surface area contributed by atoms with Gasteiger partial charge in [-0.1, -0.05) is 11.6 Å². The number of hydrogen-bond donors (Lipinski definition) is 2. The van der Waals surface area contributed by atoms with Crippen LogP contribution in [0.2, 0.25) is 5.02 Å². The smallest absolute Gasteiger partial charge is 0.356 e. The number of aromatic carboxylic acids is 1. The van der Waals surface area contributed by atoms with E-state index in [9.17, 15) is 14.9 Å². The number of aliphatic hydroxyl groups excluding tert-OH is 1. The summed E-state index contributed by atoms with van der Waals surface area (Å²) in [5, 5.41) is 32.6. The number of carboxylic acids is 1. The van der Waals surface area contributed by atoms with Crippen LogP contribution in [0.3, 0.4) is 0 Å². The van der Waals surface area contributed by atoms with E-state index in [1.165, 1.54) is 23.0 Å². The van der Waals surface area contributed by atoms with Gasteiger partial charge >= 0.3 is 5.97 Å². The Morgan fingerprint density at radius 2 is 2.19 bits per heavy atom. The second kappa shape index (κ2) is 5.90. The van der Waals surface area contributed by atoms with Gasteiger partial charge in [0.1, 0.15) is 0 Å². The molecule has 0 saturated heterocycles. The van der Waals surface area contributed by atoms with E-state index in [1.54, 1.807) is 0 Å². The Morgan fingerprint density at radius 3 is 2.71 bits per heavy atom. The van der Waals surface area contributed by atoms with E-state index < -0.39 is 10.9 Å². The molecule has 0 fully saturated rings. The maximum atomic E-state index is 11.1. The maximum Gasteiger partial charge on any atom is 0.356 e. The van der Waals surface area contributed by atoms with E-state index >= 15 is 0 Å². The summed E-state index contributed by atoms with van der Waals surface area (Å²) in [7, 11) is 0. The molecule has 0 saturated carbocycles. The van der Waals surface area contributed by atoms with Crippen molar-refractivity contribution >= 4 is 23.3 Å². The molecular weight excluding hydrogens is 302 g/mol. The van der Waals surface area contributed by atoms with Crippen LogP contribution < -0.4 is 0 Å². The van der Waals surface area contributed by atoms with E-state index in [1.807, 2.05) is 0 Å². The summed E-state index contributed by atoms with van der Waals surface area (Å²) < 4.78 is 1.22. The van der Waals surface area contributed by atoms with Gasteiger partial charge in [0.2, 0.25) is 0 Å². The number of non-ortho nitro benzene ring substituents is 1. The number of hydrogen-bond acceptors (Lipinski definition) is 5. The Labute approximate surface area is 123 Å². The number of benzene rings is 1. The minimum absolute atomic E-state index is 0.0687.